The van der Waals surface area contributed by atoms with Gasteiger partial charge >= 0.3 is 11.9 Å². The maximum absolute atomic E-state index is 13.7. The van der Waals surface area contributed by atoms with E-state index in [0.29, 0.717) is 42.6 Å². The lowest BCUT2D eigenvalue weighted by molar-refractivity contribution is -0.138. The molecule has 4 aromatic heterocycles. The normalized spacial score (nSPS) is 14.4. The number of fused-ring (bicyclic) bond motifs is 2. The van der Waals surface area contributed by atoms with Gasteiger partial charge in [-0.05, 0) is 138 Å². The van der Waals surface area contributed by atoms with Crippen LogP contribution in [-0.2, 0) is 35.3 Å². The summed E-state index contributed by atoms with van der Waals surface area (Å²) >= 11 is 3.41. The van der Waals surface area contributed by atoms with E-state index in [9.17, 15) is 32.3 Å². The second-order valence-corrected chi connectivity index (χ2v) is 17.4. The van der Waals surface area contributed by atoms with Gasteiger partial charge in [0.1, 0.15) is 41.1 Å². The highest BCUT2D eigenvalue weighted by Gasteiger charge is 2.25. The van der Waals surface area contributed by atoms with Gasteiger partial charge in [0, 0.05) is 48.2 Å². The fourth-order valence-corrected chi connectivity index (χ4v) is 8.30. The van der Waals surface area contributed by atoms with Crippen molar-refractivity contribution in [1.29, 1.82) is 0 Å². The Bertz CT molecular complexity index is 2120. The number of hydrogen-bond donors (Lipinski definition) is 5. The van der Waals surface area contributed by atoms with Crippen LogP contribution < -0.4 is 26.0 Å². The summed E-state index contributed by atoms with van der Waals surface area (Å²) in [6, 6.07) is 12.4. The number of nitrogens with one attached hydrogen (secondary N) is 4. The largest absolute Gasteiger partial charge is 0.480 e. The quantitative estimate of drug-likeness (QED) is 0.0222. The summed E-state index contributed by atoms with van der Waals surface area (Å²) in [6.45, 7) is 1.92. The van der Waals surface area contributed by atoms with E-state index in [4.69, 9.17) is 14.7 Å². The Morgan fingerprint density at radius 3 is 1.82 bits per heavy atom. The van der Waals surface area contributed by atoms with Crippen molar-refractivity contribution in [2.45, 2.75) is 102 Å². The number of halogens is 5. The van der Waals surface area contributed by atoms with Crippen molar-refractivity contribution < 1.29 is 37.0 Å². The predicted molar refractivity (Wildman–Crippen MR) is 246 cm³/mol. The summed E-state index contributed by atoms with van der Waals surface area (Å²) in [5.41, 5.74) is 4.31. The molecule has 2 aliphatic rings. The zero-order valence-electron chi connectivity index (χ0n) is 36.5. The third-order valence-corrected chi connectivity index (χ3v) is 11.9. The van der Waals surface area contributed by atoms with Crippen LogP contribution in [0.25, 0.3) is 0 Å². The number of aryl methyl sites for hydroxylation is 4. The minimum atomic E-state index is -2.58. The summed E-state index contributed by atoms with van der Waals surface area (Å²) < 4.78 is 61.0. The molecule has 6 heterocycles. The van der Waals surface area contributed by atoms with Gasteiger partial charge in [-0.2, -0.15) is 0 Å². The molecule has 0 aromatic carbocycles. The van der Waals surface area contributed by atoms with E-state index in [0.717, 1.165) is 81.1 Å². The van der Waals surface area contributed by atoms with Crippen LogP contribution in [0, 0.1) is 0 Å². The number of alkyl halides is 4. The molecule has 0 radical (unpaired) electrons. The number of aliphatic carboxylic acids is 1. The van der Waals surface area contributed by atoms with Gasteiger partial charge in [-0.25, -0.2) is 47.1 Å². The minimum absolute atomic E-state index is 0.0294. The monoisotopic (exact) mass is 970 g/mol. The zero-order valence-corrected chi connectivity index (χ0v) is 38.1. The molecular weight excluding hydrogens is 912 g/mol. The third-order valence-electron chi connectivity index (χ3n) is 11.4. The number of pyridine rings is 4. The van der Waals surface area contributed by atoms with Gasteiger partial charge in [0.2, 0.25) is 0 Å². The fraction of sp³-hybridized carbons (Fsp3) is 0.522. The molecule has 0 unspecified atom stereocenters. The number of aromatic nitrogens is 4. The van der Waals surface area contributed by atoms with E-state index in [1.54, 1.807) is 28.1 Å². The lowest BCUT2D eigenvalue weighted by Crippen LogP contribution is -2.39. The number of esters is 1. The molecule has 0 aliphatic carbocycles. The van der Waals surface area contributed by atoms with Gasteiger partial charge in [-0.15, -0.1) is 0 Å². The predicted octanol–water partition coefficient (Wildman–Crippen LogP) is 7.96. The van der Waals surface area contributed by atoms with Crippen molar-refractivity contribution >= 4 is 51.1 Å². The first-order valence-corrected chi connectivity index (χ1v) is 23.3. The molecule has 6 rings (SSSR count). The first-order valence-electron chi connectivity index (χ1n) is 22.5. The van der Waals surface area contributed by atoms with Crippen molar-refractivity contribution in [2.75, 3.05) is 73.6 Å². The van der Waals surface area contributed by atoms with Gasteiger partial charge in [0.05, 0.1) is 19.3 Å². The lowest BCUT2D eigenvalue weighted by Gasteiger charge is -2.25. The van der Waals surface area contributed by atoms with Crippen LogP contribution in [0.3, 0.4) is 0 Å². The van der Waals surface area contributed by atoms with Crippen molar-refractivity contribution in [3.05, 3.63) is 87.9 Å². The Balaban J connectivity index is 0.995. The maximum Gasteiger partial charge on any atom is 0.334 e. The molecule has 14 nitrogen and oxygen atoms in total. The van der Waals surface area contributed by atoms with Crippen molar-refractivity contribution in [1.82, 2.24) is 29.7 Å². The highest BCUT2D eigenvalue weighted by atomic mass is 79.9. The molecule has 0 saturated carbocycles. The summed E-state index contributed by atoms with van der Waals surface area (Å²) in [5, 5.41) is 22.6. The SMILES string of the molecule is O=C(O)[C@H](CCN(CCCCc1ccc2c(n1)NCCC2)CC(F)F)Nc1ccc(OC(=O)[C@H](CCN(CCCCc2ccc3c(n2)NCCC3)CC(F)F)Nc2cc(Br)ccn2)cn1. The third kappa shape index (κ3) is 16.7. The lowest BCUT2D eigenvalue weighted by atomic mass is 10.1. The smallest absolute Gasteiger partial charge is 0.334 e. The number of carboxylic acids is 1. The van der Waals surface area contributed by atoms with E-state index in [1.807, 2.05) is 12.1 Å². The summed E-state index contributed by atoms with van der Waals surface area (Å²) in [7, 11) is 0. The Hall–Kier alpha value is -5.14. The number of carboxylic acid groups (broad SMARTS) is 1. The van der Waals surface area contributed by atoms with E-state index < -0.39 is 50.0 Å². The maximum atomic E-state index is 13.7. The summed E-state index contributed by atoms with van der Waals surface area (Å²) in [5.74, 6) is 0.594. The molecule has 0 saturated heterocycles. The number of carbonyl (C=O) groups is 2. The molecule has 0 amide bonds. The van der Waals surface area contributed by atoms with Crippen LogP contribution in [0.5, 0.6) is 5.75 Å². The Kier molecular flexibility index (Phi) is 19.4. The molecule has 352 valence electrons. The van der Waals surface area contributed by atoms with Crippen molar-refractivity contribution in [3.63, 3.8) is 0 Å². The Morgan fingerprint density at radius 1 is 0.723 bits per heavy atom. The average Bonchev–Trinajstić information content (AvgIpc) is 3.29. The van der Waals surface area contributed by atoms with Crippen LogP contribution in [0.15, 0.2) is 65.4 Å². The van der Waals surface area contributed by atoms with Crippen molar-refractivity contribution in [2.24, 2.45) is 0 Å². The van der Waals surface area contributed by atoms with Crippen LogP contribution in [0.4, 0.5) is 40.8 Å². The number of unbranched alkanes of at least 4 members (excludes halogenated alkanes) is 2. The zero-order chi connectivity index (χ0) is 46.0. The Labute approximate surface area is 385 Å². The number of hydrogen-bond acceptors (Lipinski definition) is 13. The first kappa shape index (κ1) is 49.3. The number of anilines is 4. The topological polar surface area (TPSA) is 170 Å². The standard InChI is InChI=1S/C46H59BrF4N10O4/c47-33-17-22-52-42(27-33)59-38(19-26-61(30-40(50)51)24-4-2-10-35-14-12-32-8-6-21-54-44(32)57-35)46(64)65-36-15-16-41(55-28-36)58-37(45(62)63)18-25-60(29-39(48)49)23-3-1-9-34-13-11-31-7-5-20-53-43(31)56-34/h11-17,22,27-28,37-40H,1-10,18-21,23-26,29-30H2,(H,52,59)(H,53,56)(H,54,57)(H,55,58)(H,62,63)/t37-,38-/m0/s1. The Morgan fingerprint density at radius 2 is 1.29 bits per heavy atom. The number of rotatable bonds is 27. The van der Waals surface area contributed by atoms with E-state index >= 15 is 0 Å². The van der Waals surface area contributed by atoms with Crippen LogP contribution in [-0.4, -0.2) is 124 Å². The molecule has 0 bridgehead atoms. The molecular formula is C46H59BrF4N10O4. The molecule has 2 aliphatic heterocycles. The highest BCUT2D eigenvalue weighted by molar-refractivity contribution is 9.10. The number of nitrogens with zero attached hydrogens (tertiary/aromatic N) is 6. The number of carbonyl (C=O) groups excluding carboxylic acids is 1. The second kappa shape index (κ2) is 25.5. The fourth-order valence-electron chi connectivity index (χ4n) is 7.96. The summed E-state index contributed by atoms with van der Waals surface area (Å²) in [6.07, 6.45) is 6.19. The highest BCUT2D eigenvalue weighted by Crippen LogP contribution is 2.23. The van der Waals surface area contributed by atoms with Crippen LogP contribution >= 0.6 is 15.9 Å². The van der Waals surface area contributed by atoms with E-state index in [-0.39, 0.29) is 37.5 Å². The van der Waals surface area contributed by atoms with Crippen LogP contribution in [0.1, 0.15) is 73.9 Å². The van der Waals surface area contributed by atoms with Crippen LogP contribution in [0.2, 0.25) is 0 Å². The van der Waals surface area contributed by atoms with Gasteiger partial charge in [-0.3, -0.25) is 9.80 Å². The van der Waals surface area contributed by atoms with Gasteiger partial charge in [0.15, 0.2) is 0 Å². The molecule has 4 aromatic rings. The first-order chi connectivity index (χ1) is 31.5. The molecule has 65 heavy (non-hydrogen) atoms. The second-order valence-electron chi connectivity index (χ2n) is 16.4. The van der Waals surface area contributed by atoms with Gasteiger partial charge in [-0.1, -0.05) is 28.1 Å². The molecule has 19 heteroatoms. The molecule has 0 fully saturated rings. The molecule has 5 N–H and O–H groups in total. The van der Waals surface area contributed by atoms with E-state index in [2.05, 4.69) is 59.3 Å². The van der Waals surface area contributed by atoms with Gasteiger partial charge < -0.3 is 31.1 Å². The molecule has 2 atom stereocenters. The van der Waals surface area contributed by atoms with Crippen molar-refractivity contribution in [3.8, 4) is 5.75 Å². The van der Waals surface area contributed by atoms with Gasteiger partial charge in [0.25, 0.3) is 12.9 Å². The van der Waals surface area contributed by atoms with E-state index in [1.165, 1.54) is 29.5 Å². The summed E-state index contributed by atoms with van der Waals surface area (Å²) in [4.78, 5) is 47.1. The molecule has 0 spiro atoms. The minimum Gasteiger partial charge on any atom is -0.480 e. The average molecular weight is 972 g/mol. The number of ether oxygens (including phenoxy) is 1.